The van der Waals surface area contributed by atoms with Crippen molar-refractivity contribution in [3.8, 4) is 0 Å². The summed E-state index contributed by atoms with van der Waals surface area (Å²) in [6.45, 7) is 1.96. The Hall–Kier alpha value is -1.29. The van der Waals surface area contributed by atoms with Gasteiger partial charge in [0.15, 0.2) is 0 Å². The Bertz CT molecular complexity index is 304. The van der Waals surface area contributed by atoms with Crippen molar-refractivity contribution < 1.29 is 19.0 Å². The van der Waals surface area contributed by atoms with Crippen LogP contribution in [0.15, 0.2) is 23.5 Å². The molecule has 0 N–H and O–H groups in total. The average Bonchev–Trinajstić information content (AvgIpc) is 2.26. The largest absolute Gasteiger partial charge is 0.498 e. The molecule has 0 fully saturated rings. The summed E-state index contributed by atoms with van der Waals surface area (Å²) >= 11 is 0. The molecule has 0 aromatic heterocycles. The van der Waals surface area contributed by atoms with E-state index in [4.69, 9.17) is 9.47 Å². The maximum atomic E-state index is 11.3. The maximum Gasteiger partial charge on any atom is 0.337 e. The highest BCUT2D eigenvalue weighted by Gasteiger charge is 2.27. The van der Waals surface area contributed by atoms with Gasteiger partial charge in [0.2, 0.25) is 0 Å². The molecule has 0 aromatic carbocycles. The van der Waals surface area contributed by atoms with Crippen molar-refractivity contribution in [1.82, 2.24) is 0 Å². The summed E-state index contributed by atoms with van der Waals surface area (Å²) in [5.41, 5.74) is 0.509. The zero-order valence-corrected chi connectivity index (χ0v) is 9.44. The number of methoxy groups -OCH3 is 3. The molecule has 4 nitrogen and oxygen atoms in total. The zero-order chi connectivity index (χ0) is 11.4. The first kappa shape index (κ1) is 11.8. The molecule has 15 heavy (non-hydrogen) atoms. The van der Waals surface area contributed by atoms with Gasteiger partial charge < -0.3 is 14.2 Å². The third-order valence-corrected chi connectivity index (χ3v) is 2.41. The summed E-state index contributed by atoms with van der Waals surface area (Å²) in [6, 6.07) is 0. The molecule has 4 heteroatoms. The fourth-order valence-electron chi connectivity index (χ4n) is 1.66. The minimum absolute atomic E-state index is 0.0871. The second kappa shape index (κ2) is 4.98. The Morgan fingerprint density at radius 1 is 1.33 bits per heavy atom. The van der Waals surface area contributed by atoms with Crippen LogP contribution in [0, 0.1) is 5.92 Å². The minimum atomic E-state index is -0.356. The Morgan fingerprint density at radius 2 is 2.00 bits per heavy atom. The van der Waals surface area contributed by atoms with Crippen LogP contribution in [0.5, 0.6) is 0 Å². The Morgan fingerprint density at radius 3 is 2.47 bits per heavy atom. The summed E-state index contributed by atoms with van der Waals surface area (Å²) in [6.07, 6.45) is 3.34. The lowest BCUT2D eigenvalue weighted by atomic mass is 9.93. The smallest absolute Gasteiger partial charge is 0.337 e. The lowest BCUT2D eigenvalue weighted by Crippen LogP contribution is -2.27. The summed E-state index contributed by atoms with van der Waals surface area (Å²) < 4.78 is 15.1. The van der Waals surface area contributed by atoms with Gasteiger partial charge in [0.1, 0.15) is 11.9 Å². The second-order valence-corrected chi connectivity index (χ2v) is 3.38. The van der Waals surface area contributed by atoms with Gasteiger partial charge in [0, 0.05) is 13.0 Å². The van der Waals surface area contributed by atoms with Crippen molar-refractivity contribution in [2.45, 2.75) is 13.0 Å². The maximum absolute atomic E-state index is 11.3. The van der Waals surface area contributed by atoms with Crippen LogP contribution in [-0.4, -0.2) is 33.4 Å². The third-order valence-electron chi connectivity index (χ3n) is 2.41. The topological polar surface area (TPSA) is 44.8 Å². The summed E-state index contributed by atoms with van der Waals surface area (Å²) in [5.74, 6) is 0.378. The van der Waals surface area contributed by atoms with E-state index in [1.54, 1.807) is 20.3 Å². The standard InChI is InChI=1S/C11H16O4/c1-7-5-8(11(12)15-4)6-9(13-2)10(7)14-3/h5-7,10H,1-4H3. The molecule has 1 rings (SSSR count). The molecule has 0 heterocycles. The third kappa shape index (κ3) is 2.39. The van der Waals surface area contributed by atoms with Crippen molar-refractivity contribution in [2.75, 3.05) is 21.3 Å². The number of carbonyl (C=O) groups excluding carboxylic acids is 1. The molecular weight excluding hydrogens is 196 g/mol. The predicted molar refractivity (Wildman–Crippen MR) is 55.2 cm³/mol. The van der Waals surface area contributed by atoms with E-state index in [1.165, 1.54) is 7.11 Å². The zero-order valence-electron chi connectivity index (χ0n) is 9.44. The summed E-state index contributed by atoms with van der Waals surface area (Å²) in [7, 11) is 4.53. The van der Waals surface area contributed by atoms with E-state index in [2.05, 4.69) is 4.74 Å². The first-order valence-electron chi connectivity index (χ1n) is 4.72. The highest BCUT2D eigenvalue weighted by atomic mass is 16.5. The number of ether oxygens (including phenoxy) is 3. The van der Waals surface area contributed by atoms with Crippen LogP contribution < -0.4 is 0 Å². The molecule has 0 saturated heterocycles. The SMILES string of the molecule is COC(=O)C1=CC(C)C(OC)C(OC)=C1. The van der Waals surface area contributed by atoms with Crippen molar-refractivity contribution in [3.63, 3.8) is 0 Å². The van der Waals surface area contributed by atoms with Crippen LogP contribution in [0.4, 0.5) is 0 Å². The van der Waals surface area contributed by atoms with Crippen molar-refractivity contribution in [3.05, 3.63) is 23.5 Å². The van der Waals surface area contributed by atoms with E-state index in [9.17, 15) is 4.79 Å². The van der Waals surface area contributed by atoms with Gasteiger partial charge in [-0.15, -0.1) is 0 Å². The van der Waals surface area contributed by atoms with E-state index in [0.29, 0.717) is 11.3 Å². The number of hydrogen-bond acceptors (Lipinski definition) is 4. The van der Waals surface area contributed by atoms with Crippen LogP contribution in [0.25, 0.3) is 0 Å². The molecule has 0 bridgehead atoms. The number of hydrogen-bond donors (Lipinski definition) is 0. The second-order valence-electron chi connectivity index (χ2n) is 3.38. The van der Waals surface area contributed by atoms with Gasteiger partial charge in [-0.1, -0.05) is 13.0 Å². The highest BCUT2D eigenvalue weighted by Crippen LogP contribution is 2.26. The molecule has 0 saturated carbocycles. The predicted octanol–water partition coefficient (Wildman–Crippen LogP) is 1.28. The quantitative estimate of drug-likeness (QED) is 0.661. The summed E-state index contributed by atoms with van der Waals surface area (Å²) in [5, 5.41) is 0. The first-order valence-corrected chi connectivity index (χ1v) is 4.72. The molecule has 0 amide bonds. The fourth-order valence-corrected chi connectivity index (χ4v) is 1.66. The van der Waals surface area contributed by atoms with E-state index in [0.717, 1.165) is 0 Å². The lowest BCUT2D eigenvalue weighted by molar-refractivity contribution is -0.135. The van der Waals surface area contributed by atoms with Gasteiger partial charge in [0.25, 0.3) is 0 Å². The van der Waals surface area contributed by atoms with Gasteiger partial charge in [0.05, 0.1) is 19.8 Å². The molecule has 1 aliphatic rings. The monoisotopic (exact) mass is 212 g/mol. The van der Waals surface area contributed by atoms with E-state index in [1.807, 2.05) is 13.0 Å². The van der Waals surface area contributed by atoms with Crippen LogP contribution in [-0.2, 0) is 19.0 Å². The van der Waals surface area contributed by atoms with E-state index < -0.39 is 0 Å². The van der Waals surface area contributed by atoms with Crippen molar-refractivity contribution in [1.29, 1.82) is 0 Å². The van der Waals surface area contributed by atoms with Gasteiger partial charge in [-0.3, -0.25) is 0 Å². The van der Waals surface area contributed by atoms with Crippen LogP contribution in [0.2, 0.25) is 0 Å². The Labute approximate surface area is 89.5 Å². The molecule has 2 atom stereocenters. The number of rotatable bonds is 3. The minimum Gasteiger partial charge on any atom is -0.498 e. The van der Waals surface area contributed by atoms with Gasteiger partial charge in [-0.05, 0) is 6.08 Å². The number of carbonyl (C=O) groups is 1. The molecule has 1 aliphatic carbocycles. The van der Waals surface area contributed by atoms with Gasteiger partial charge >= 0.3 is 5.97 Å². The first-order chi connectivity index (χ1) is 7.13. The van der Waals surface area contributed by atoms with Crippen LogP contribution in [0.1, 0.15) is 6.92 Å². The van der Waals surface area contributed by atoms with E-state index >= 15 is 0 Å². The molecule has 0 aromatic rings. The fraction of sp³-hybridized carbons (Fsp3) is 0.545. The number of esters is 1. The van der Waals surface area contributed by atoms with Gasteiger partial charge in [-0.25, -0.2) is 4.79 Å². The van der Waals surface area contributed by atoms with Crippen molar-refractivity contribution >= 4 is 5.97 Å². The molecular formula is C11H16O4. The van der Waals surface area contributed by atoms with Crippen molar-refractivity contribution in [2.24, 2.45) is 5.92 Å². The molecule has 84 valence electrons. The molecule has 2 unspecified atom stereocenters. The Balaban J connectivity index is 2.96. The normalized spacial score (nSPS) is 25.3. The molecule has 0 aliphatic heterocycles. The highest BCUT2D eigenvalue weighted by molar-refractivity contribution is 5.92. The van der Waals surface area contributed by atoms with Gasteiger partial charge in [-0.2, -0.15) is 0 Å². The molecule has 0 spiro atoms. The van der Waals surface area contributed by atoms with Crippen LogP contribution >= 0.6 is 0 Å². The summed E-state index contributed by atoms with van der Waals surface area (Å²) in [4.78, 5) is 11.3. The van der Waals surface area contributed by atoms with E-state index in [-0.39, 0.29) is 18.0 Å². The molecule has 0 radical (unpaired) electrons. The van der Waals surface area contributed by atoms with Crippen LogP contribution in [0.3, 0.4) is 0 Å². The Kier molecular flexibility index (Phi) is 3.91. The average molecular weight is 212 g/mol. The lowest BCUT2D eigenvalue weighted by Gasteiger charge is -2.26.